The summed E-state index contributed by atoms with van der Waals surface area (Å²) in [4.78, 5) is 25.3. The molecule has 11 aromatic rings. The molecule has 0 atom stereocenters. The first kappa shape index (κ1) is 32.1. The molecule has 11 rings (SSSR count). The van der Waals surface area contributed by atoms with E-state index in [0.29, 0.717) is 23.3 Å². The minimum absolute atomic E-state index is 0.582. The number of rotatable bonds is 6. The molecular formula is C49H29N5OS. The fraction of sp³-hybridized carbons (Fsp3) is 0. The highest BCUT2D eigenvalue weighted by molar-refractivity contribution is 7.25. The van der Waals surface area contributed by atoms with E-state index < -0.39 is 0 Å². The lowest BCUT2D eigenvalue weighted by Gasteiger charge is -2.11. The van der Waals surface area contributed by atoms with E-state index >= 15 is 0 Å². The summed E-state index contributed by atoms with van der Waals surface area (Å²) in [5.41, 5.74) is 8.83. The van der Waals surface area contributed by atoms with Gasteiger partial charge in [0.15, 0.2) is 23.3 Å². The summed E-state index contributed by atoms with van der Waals surface area (Å²) in [6.45, 7) is 0. The lowest BCUT2D eigenvalue weighted by Crippen LogP contribution is -2.00. The summed E-state index contributed by atoms with van der Waals surface area (Å²) in [7, 11) is 0. The molecule has 4 heterocycles. The second-order valence-electron chi connectivity index (χ2n) is 13.7. The molecule has 0 unspecified atom stereocenters. The van der Waals surface area contributed by atoms with Crippen LogP contribution in [0.15, 0.2) is 180 Å². The van der Waals surface area contributed by atoms with Crippen molar-refractivity contribution in [2.75, 3.05) is 0 Å². The van der Waals surface area contributed by atoms with Gasteiger partial charge < -0.3 is 4.42 Å². The standard InChI is InChI=1S/C49H29N5OS/c1-4-13-30(14-5-1)46-50-39(33-24-26-44-37(27-33)35-19-10-11-22-43(35)56-44)29-40(51-46)36-20-12-21-42-45(36)38-28-34(23-25-41(38)55-42)49-53-47(31-15-6-2-7-16-31)52-48(54-49)32-17-8-3-9-18-32/h1-29H. The van der Waals surface area contributed by atoms with Crippen molar-refractivity contribution in [2.24, 2.45) is 0 Å². The third kappa shape index (κ3) is 5.61. The van der Waals surface area contributed by atoms with Crippen LogP contribution in [-0.4, -0.2) is 24.9 Å². The Morgan fingerprint density at radius 3 is 1.59 bits per heavy atom. The Kier molecular flexibility index (Phi) is 7.57. The van der Waals surface area contributed by atoms with Crippen LogP contribution in [0.2, 0.25) is 0 Å². The largest absolute Gasteiger partial charge is 0.456 e. The average Bonchev–Trinajstić information content (AvgIpc) is 3.85. The van der Waals surface area contributed by atoms with E-state index in [4.69, 9.17) is 29.3 Å². The molecule has 7 heteroatoms. The summed E-state index contributed by atoms with van der Waals surface area (Å²) in [6, 6.07) is 59.8. The monoisotopic (exact) mass is 735 g/mol. The summed E-state index contributed by atoms with van der Waals surface area (Å²) in [5.74, 6) is 2.47. The van der Waals surface area contributed by atoms with Gasteiger partial charge in [-0.1, -0.05) is 127 Å². The number of furan rings is 1. The van der Waals surface area contributed by atoms with E-state index in [1.807, 2.05) is 114 Å². The minimum Gasteiger partial charge on any atom is -0.456 e. The molecular weight excluding hydrogens is 707 g/mol. The van der Waals surface area contributed by atoms with Gasteiger partial charge in [-0.15, -0.1) is 11.3 Å². The molecule has 0 aliphatic heterocycles. The lowest BCUT2D eigenvalue weighted by molar-refractivity contribution is 0.669. The van der Waals surface area contributed by atoms with Gasteiger partial charge in [0, 0.05) is 64.3 Å². The van der Waals surface area contributed by atoms with Crippen LogP contribution < -0.4 is 0 Å². The molecule has 262 valence electrons. The number of aromatic nitrogens is 5. The molecule has 0 radical (unpaired) electrons. The van der Waals surface area contributed by atoms with Crippen molar-refractivity contribution in [2.45, 2.75) is 0 Å². The Bertz CT molecular complexity index is 3190. The van der Waals surface area contributed by atoms with Crippen molar-refractivity contribution in [3.63, 3.8) is 0 Å². The number of benzene rings is 7. The molecule has 0 amide bonds. The van der Waals surface area contributed by atoms with Crippen LogP contribution in [0, 0.1) is 0 Å². The molecule has 0 N–H and O–H groups in total. The topological polar surface area (TPSA) is 77.6 Å². The van der Waals surface area contributed by atoms with Crippen LogP contribution in [0.4, 0.5) is 0 Å². The summed E-state index contributed by atoms with van der Waals surface area (Å²) in [6.07, 6.45) is 0. The third-order valence-electron chi connectivity index (χ3n) is 10.2. The maximum atomic E-state index is 6.51. The van der Waals surface area contributed by atoms with Crippen LogP contribution in [0.25, 0.3) is 110 Å². The zero-order valence-electron chi connectivity index (χ0n) is 29.8. The highest BCUT2D eigenvalue weighted by Crippen LogP contribution is 2.41. The van der Waals surface area contributed by atoms with Gasteiger partial charge >= 0.3 is 0 Å². The van der Waals surface area contributed by atoms with Gasteiger partial charge in [0.05, 0.1) is 11.4 Å². The Balaban J connectivity index is 1.10. The molecule has 4 aromatic heterocycles. The lowest BCUT2D eigenvalue weighted by atomic mass is 10.00. The molecule has 56 heavy (non-hydrogen) atoms. The van der Waals surface area contributed by atoms with Gasteiger partial charge in [-0.3, -0.25) is 0 Å². The highest BCUT2D eigenvalue weighted by atomic mass is 32.1. The van der Waals surface area contributed by atoms with E-state index in [1.165, 1.54) is 20.2 Å². The average molecular weight is 736 g/mol. The fourth-order valence-corrected chi connectivity index (χ4v) is 8.54. The summed E-state index contributed by atoms with van der Waals surface area (Å²) < 4.78 is 9.03. The molecule has 6 nitrogen and oxygen atoms in total. The summed E-state index contributed by atoms with van der Waals surface area (Å²) in [5, 5.41) is 4.39. The second kappa shape index (κ2) is 13.2. The minimum atomic E-state index is 0.582. The number of hydrogen-bond acceptors (Lipinski definition) is 7. The Morgan fingerprint density at radius 2 is 0.893 bits per heavy atom. The molecule has 0 aliphatic carbocycles. The first-order chi connectivity index (χ1) is 27.7. The quantitative estimate of drug-likeness (QED) is 0.169. The highest BCUT2D eigenvalue weighted by Gasteiger charge is 2.19. The smallest absolute Gasteiger partial charge is 0.164 e. The van der Waals surface area contributed by atoms with Gasteiger partial charge in [-0.2, -0.15) is 0 Å². The Morgan fingerprint density at radius 1 is 0.339 bits per heavy atom. The van der Waals surface area contributed by atoms with Crippen molar-refractivity contribution in [1.29, 1.82) is 0 Å². The van der Waals surface area contributed by atoms with Crippen molar-refractivity contribution < 1.29 is 4.42 Å². The Hall–Kier alpha value is -7.35. The van der Waals surface area contributed by atoms with E-state index in [2.05, 4.69) is 72.8 Å². The zero-order chi connectivity index (χ0) is 37.0. The van der Waals surface area contributed by atoms with Crippen LogP contribution in [0.5, 0.6) is 0 Å². The fourth-order valence-electron chi connectivity index (χ4n) is 7.45. The van der Waals surface area contributed by atoms with Gasteiger partial charge in [0.2, 0.25) is 0 Å². The molecule has 0 spiro atoms. The predicted octanol–water partition coefficient (Wildman–Crippen LogP) is 12.9. The molecule has 7 aromatic carbocycles. The SMILES string of the molecule is c1ccc(-c2nc(-c3ccc4sc5ccccc5c4c3)cc(-c3cccc4oc5ccc(-c6nc(-c7ccccc7)nc(-c7ccccc7)n6)cc5c34)n2)cc1. The predicted molar refractivity (Wildman–Crippen MR) is 228 cm³/mol. The van der Waals surface area contributed by atoms with Crippen LogP contribution in [0.3, 0.4) is 0 Å². The van der Waals surface area contributed by atoms with Crippen LogP contribution >= 0.6 is 11.3 Å². The van der Waals surface area contributed by atoms with Gasteiger partial charge in [-0.05, 0) is 48.5 Å². The van der Waals surface area contributed by atoms with Gasteiger partial charge in [-0.25, -0.2) is 24.9 Å². The molecule has 0 fully saturated rings. The zero-order valence-corrected chi connectivity index (χ0v) is 30.6. The van der Waals surface area contributed by atoms with Crippen LogP contribution in [-0.2, 0) is 0 Å². The van der Waals surface area contributed by atoms with E-state index in [-0.39, 0.29) is 0 Å². The molecule has 0 bridgehead atoms. The molecule has 0 saturated heterocycles. The number of hydrogen-bond donors (Lipinski definition) is 0. The summed E-state index contributed by atoms with van der Waals surface area (Å²) >= 11 is 1.81. The number of thiophene rings is 1. The van der Waals surface area contributed by atoms with Crippen molar-refractivity contribution in [1.82, 2.24) is 24.9 Å². The molecule has 0 saturated carbocycles. The number of fused-ring (bicyclic) bond motifs is 6. The van der Waals surface area contributed by atoms with Crippen molar-refractivity contribution in [3.8, 4) is 68.1 Å². The van der Waals surface area contributed by atoms with Gasteiger partial charge in [0.25, 0.3) is 0 Å². The third-order valence-corrected chi connectivity index (χ3v) is 11.3. The van der Waals surface area contributed by atoms with E-state index in [9.17, 15) is 0 Å². The normalized spacial score (nSPS) is 11.6. The second-order valence-corrected chi connectivity index (χ2v) is 14.8. The maximum Gasteiger partial charge on any atom is 0.164 e. The van der Waals surface area contributed by atoms with Crippen molar-refractivity contribution in [3.05, 3.63) is 176 Å². The number of nitrogens with zero attached hydrogens (tertiary/aromatic N) is 5. The van der Waals surface area contributed by atoms with Gasteiger partial charge in [0.1, 0.15) is 11.2 Å². The Labute approximate surface area is 325 Å². The first-order valence-electron chi connectivity index (χ1n) is 18.4. The van der Waals surface area contributed by atoms with E-state index in [0.717, 1.165) is 66.7 Å². The van der Waals surface area contributed by atoms with E-state index in [1.54, 1.807) is 0 Å². The first-order valence-corrected chi connectivity index (χ1v) is 19.2. The van der Waals surface area contributed by atoms with Crippen molar-refractivity contribution >= 4 is 53.4 Å². The molecule has 0 aliphatic rings. The van der Waals surface area contributed by atoms with Crippen LogP contribution in [0.1, 0.15) is 0 Å². The maximum absolute atomic E-state index is 6.51.